The number of carbonyl (C=O) groups is 2. The van der Waals surface area contributed by atoms with E-state index in [4.69, 9.17) is 0 Å². The average molecular weight is 332 g/mol. The zero-order chi connectivity index (χ0) is 17.9. The van der Waals surface area contributed by atoms with Crippen molar-refractivity contribution in [3.8, 4) is 0 Å². The molecule has 4 unspecified atom stereocenters. The molecule has 0 aromatic carbocycles. The molecule has 0 aromatic heterocycles. The van der Waals surface area contributed by atoms with Crippen LogP contribution in [0, 0.1) is 23.7 Å². The smallest absolute Gasteiger partial charge is 0.233 e. The number of carbonyl (C=O) groups excluding carboxylic acids is 2. The quantitative estimate of drug-likeness (QED) is 0.499. The SMILES string of the molecule is CCCC/C(=C/C1CC(/C=C(/C)CC)C2C(=O)N(C)C(=O)C12)CC. The Balaban J connectivity index is 2.31. The first-order chi connectivity index (χ1) is 11.4. The van der Waals surface area contributed by atoms with Gasteiger partial charge in [0.15, 0.2) is 0 Å². The van der Waals surface area contributed by atoms with Crippen molar-refractivity contribution in [2.45, 2.75) is 66.2 Å². The fourth-order valence-corrected chi connectivity index (χ4v) is 4.28. The number of rotatable bonds is 7. The number of nitrogens with zero attached hydrogens (tertiary/aromatic N) is 1. The molecule has 1 aliphatic carbocycles. The third kappa shape index (κ3) is 3.65. The molecular weight excluding hydrogens is 298 g/mol. The minimum atomic E-state index is -0.144. The Morgan fingerprint density at radius 1 is 1.04 bits per heavy atom. The molecule has 1 aliphatic heterocycles. The lowest BCUT2D eigenvalue weighted by Crippen LogP contribution is -2.29. The van der Waals surface area contributed by atoms with Crippen LogP contribution in [0.15, 0.2) is 23.3 Å². The van der Waals surface area contributed by atoms with Crippen molar-refractivity contribution in [3.05, 3.63) is 23.3 Å². The minimum absolute atomic E-state index is 0.0256. The largest absolute Gasteiger partial charge is 0.285 e. The second kappa shape index (κ2) is 8.13. The summed E-state index contributed by atoms with van der Waals surface area (Å²) in [4.78, 5) is 26.6. The highest BCUT2D eigenvalue weighted by atomic mass is 16.2. The monoisotopic (exact) mass is 331 g/mol. The van der Waals surface area contributed by atoms with Crippen LogP contribution in [0.2, 0.25) is 0 Å². The van der Waals surface area contributed by atoms with Gasteiger partial charge in [-0.25, -0.2) is 0 Å². The van der Waals surface area contributed by atoms with Crippen molar-refractivity contribution in [2.24, 2.45) is 23.7 Å². The summed E-state index contributed by atoms with van der Waals surface area (Å²) >= 11 is 0. The lowest BCUT2D eigenvalue weighted by molar-refractivity contribution is -0.139. The van der Waals surface area contributed by atoms with E-state index < -0.39 is 0 Å². The summed E-state index contributed by atoms with van der Waals surface area (Å²) in [5, 5.41) is 0. The molecule has 4 atom stereocenters. The molecule has 2 aliphatic rings. The summed E-state index contributed by atoms with van der Waals surface area (Å²) in [6.45, 7) is 8.67. The number of allylic oxidation sites excluding steroid dienone is 4. The number of imide groups is 1. The average Bonchev–Trinajstić information content (AvgIpc) is 3.03. The lowest BCUT2D eigenvalue weighted by Gasteiger charge is -2.16. The van der Waals surface area contributed by atoms with Crippen LogP contribution in [0.25, 0.3) is 0 Å². The topological polar surface area (TPSA) is 37.4 Å². The number of hydrogen-bond donors (Lipinski definition) is 0. The van der Waals surface area contributed by atoms with Gasteiger partial charge in [0.25, 0.3) is 0 Å². The van der Waals surface area contributed by atoms with Gasteiger partial charge in [0.2, 0.25) is 11.8 Å². The van der Waals surface area contributed by atoms with E-state index in [1.54, 1.807) is 7.05 Å². The highest BCUT2D eigenvalue weighted by Crippen LogP contribution is 2.49. The molecule has 2 rings (SSSR count). The van der Waals surface area contributed by atoms with Gasteiger partial charge in [-0.05, 0) is 50.9 Å². The standard InChI is InChI=1S/C21H33NO2/c1-6-9-10-15(8-3)12-17-13-16(11-14(4)7-2)18-19(17)21(24)22(5)20(18)23/h11-12,16-19H,6-10,13H2,1-5H3/b14-11-,15-12+. The van der Waals surface area contributed by atoms with Crippen LogP contribution in [0.5, 0.6) is 0 Å². The van der Waals surface area contributed by atoms with Gasteiger partial charge in [0, 0.05) is 7.05 Å². The van der Waals surface area contributed by atoms with E-state index in [1.807, 2.05) is 0 Å². The van der Waals surface area contributed by atoms with E-state index in [9.17, 15) is 9.59 Å². The van der Waals surface area contributed by atoms with Gasteiger partial charge in [0.05, 0.1) is 11.8 Å². The molecule has 0 N–H and O–H groups in total. The second-order valence-electron chi connectivity index (χ2n) is 7.50. The van der Waals surface area contributed by atoms with Gasteiger partial charge in [-0.1, -0.05) is 50.5 Å². The van der Waals surface area contributed by atoms with E-state index in [0.29, 0.717) is 0 Å². The van der Waals surface area contributed by atoms with E-state index in [1.165, 1.54) is 28.9 Å². The molecule has 1 heterocycles. The molecule has 1 saturated heterocycles. The number of fused-ring (bicyclic) bond motifs is 1. The first-order valence-electron chi connectivity index (χ1n) is 9.62. The molecule has 0 aromatic rings. The van der Waals surface area contributed by atoms with E-state index in [2.05, 4.69) is 39.8 Å². The zero-order valence-electron chi connectivity index (χ0n) is 16.0. The van der Waals surface area contributed by atoms with Crippen LogP contribution in [-0.4, -0.2) is 23.8 Å². The number of unbranched alkanes of at least 4 members (excludes halogenated alkanes) is 1. The van der Waals surface area contributed by atoms with Crippen molar-refractivity contribution in [3.63, 3.8) is 0 Å². The molecule has 1 saturated carbocycles. The van der Waals surface area contributed by atoms with Gasteiger partial charge in [-0.3, -0.25) is 14.5 Å². The molecule has 2 fully saturated rings. The minimum Gasteiger partial charge on any atom is -0.285 e. The highest BCUT2D eigenvalue weighted by molar-refractivity contribution is 6.05. The van der Waals surface area contributed by atoms with Crippen LogP contribution in [-0.2, 0) is 9.59 Å². The Labute approximate surface area is 147 Å². The molecular formula is C21H33NO2. The number of likely N-dealkylation sites (tertiary alicyclic amines) is 1. The van der Waals surface area contributed by atoms with Gasteiger partial charge >= 0.3 is 0 Å². The zero-order valence-corrected chi connectivity index (χ0v) is 16.0. The third-order valence-electron chi connectivity index (χ3n) is 5.90. The molecule has 0 radical (unpaired) electrons. The maximum atomic E-state index is 12.6. The number of amides is 2. The first-order valence-corrected chi connectivity index (χ1v) is 9.62. The summed E-state index contributed by atoms with van der Waals surface area (Å²) < 4.78 is 0. The van der Waals surface area contributed by atoms with Crippen molar-refractivity contribution < 1.29 is 9.59 Å². The van der Waals surface area contributed by atoms with Crippen LogP contribution < -0.4 is 0 Å². The Morgan fingerprint density at radius 3 is 2.12 bits per heavy atom. The van der Waals surface area contributed by atoms with Gasteiger partial charge in [-0.2, -0.15) is 0 Å². The Bertz CT molecular complexity index is 546. The molecule has 0 bridgehead atoms. The summed E-state index contributed by atoms with van der Waals surface area (Å²) in [6.07, 6.45) is 11.1. The maximum absolute atomic E-state index is 12.6. The Morgan fingerprint density at radius 2 is 1.62 bits per heavy atom. The van der Waals surface area contributed by atoms with Crippen LogP contribution in [0.1, 0.15) is 66.2 Å². The predicted molar refractivity (Wildman–Crippen MR) is 98.3 cm³/mol. The molecule has 2 amide bonds. The molecule has 24 heavy (non-hydrogen) atoms. The van der Waals surface area contributed by atoms with E-state index in [-0.39, 0.29) is 35.5 Å². The summed E-state index contributed by atoms with van der Waals surface area (Å²) in [6, 6.07) is 0. The van der Waals surface area contributed by atoms with Crippen LogP contribution in [0.4, 0.5) is 0 Å². The molecule has 3 nitrogen and oxygen atoms in total. The van der Waals surface area contributed by atoms with Crippen molar-refractivity contribution >= 4 is 11.8 Å². The maximum Gasteiger partial charge on any atom is 0.233 e. The van der Waals surface area contributed by atoms with Crippen molar-refractivity contribution in [1.82, 2.24) is 4.90 Å². The van der Waals surface area contributed by atoms with Gasteiger partial charge in [-0.15, -0.1) is 0 Å². The highest BCUT2D eigenvalue weighted by Gasteiger charge is 2.56. The van der Waals surface area contributed by atoms with Crippen LogP contribution in [0.3, 0.4) is 0 Å². The molecule has 134 valence electrons. The third-order valence-corrected chi connectivity index (χ3v) is 5.90. The number of hydrogen-bond acceptors (Lipinski definition) is 2. The molecule has 3 heteroatoms. The fourth-order valence-electron chi connectivity index (χ4n) is 4.28. The summed E-state index contributed by atoms with van der Waals surface area (Å²) in [5.41, 5.74) is 2.77. The summed E-state index contributed by atoms with van der Waals surface area (Å²) in [5.74, 6) is 0.196. The van der Waals surface area contributed by atoms with Gasteiger partial charge in [0.1, 0.15) is 0 Å². The van der Waals surface area contributed by atoms with E-state index in [0.717, 1.165) is 25.7 Å². The Kier molecular flexibility index (Phi) is 6.42. The van der Waals surface area contributed by atoms with E-state index >= 15 is 0 Å². The predicted octanol–water partition coefficient (Wildman–Crippen LogP) is 4.74. The fraction of sp³-hybridized carbons (Fsp3) is 0.714. The van der Waals surface area contributed by atoms with Crippen LogP contribution >= 0.6 is 0 Å². The summed E-state index contributed by atoms with van der Waals surface area (Å²) in [7, 11) is 1.65. The molecule has 0 spiro atoms. The second-order valence-corrected chi connectivity index (χ2v) is 7.50. The normalized spacial score (nSPS) is 31.1. The first kappa shape index (κ1) is 19.0. The van der Waals surface area contributed by atoms with Gasteiger partial charge < -0.3 is 0 Å². The Hall–Kier alpha value is -1.38. The van der Waals surface area contributed by atoms with Crippen molar-refractivity contribution in [1.29, 1.82) is 0 Å². The lowest BCUT2D eigenvalue weighted by atomic mass is 9.87. The van der Waals surface area contributed by atoms with Crippen molar-refractivity contribution in [2.75, 3.05) is 7.05 Å².